The summed E-state index contributed by atoms with van der Waals surface area (Å²) < 4.78 is 15.1. The third kappa shape index (κ3) is 6.07. The van der Waals surface area contributed by atoms with Crippen molar-refractivity contribution in [1.82, 2.24) is 0 Å². The van der Waals surface area contributed by atoms with Crippen molar-refractivity contribution < 1.29 is 4.43 Å². The molecular formula is C48H57NOSi. The number of benzene rings is 5. The number of nitrogens with zero attached hydrogens (tertiary/aromatic N) is 1. The average Bonchev–Trinajstić information content (AvgIpc) is 3.56. The molecule has 1 heterocycles. The monoisotopic (exact) mass is 691 g/mol. The zero-order chi connectivity index (χ0) is 36.2. The van der Waals surface area contributed by atoms with E-state index in [4.69, 9.17) is 9.08 Å². The van der Waals surface area contributed by atoms with E-state index in [1.807, 2.05) is 0 Å². The van der Waals surface area contributed by atoms with Crippen LogP contribution in [0.15, 0.2) is 108 Å². The first-order chi connectivity index (χ1) is 24.9. The van der Waals surface area contributed by atoms with E-state index in [1.165, 1.54) is 66.0 Å². The highest BCUT2D eigenvalue weighted by Gasteiger charge is 2.62. The molecule has 0 unspecified atom stereocenters. The van der Waals surface area contributed by atoms with Gasteiger partial charge in [-0.2, -0.15) is 0 Å². The lowest BCUT2D eigenvalue weighted by atomic mass is 9.71. The molecule has 1 aliphatic rings. The predicted octanol–water partition coefficient (Wildman–Crippen LogP) is 10.2. The second kappa shape index (κ2) is 15.7. The Balaban J connectivity index is 1.96. The van der Waals surface area contributed by atoms with Gasteiger partial charge in [0, 0.05) is 0 Å². The lowest BCUT2D eigenvalue weighted by Gasteiger charge is -2.42. The minimum absolute atomic E-state index is 0.915. The first kappa shape index (κ1) is 36.7. The molecule has 0 saturated carbocycles. The maximum Gasteiger partial charge on any atom is 0.389 e. The van der Waals surface area contributed by atoms with Crippen LogP contribution >= 0.6 is 0 Å². The van der Waals surface area contributed by atoms with Crippen molar-refractivity contribution >= 4 is 24.6 Å². The van der Waals surface area contributed by atoms with E-state index >= 15 is 0 Å². The van der Waals surface area contributed by atoms with Crippen LogP contribution in [0.4, 0.5) is 0 Å². The Hall–Kier alpha value is -4.05. The van der Waals surface area contributed by atoms with Gasteiger partial charge in [-0.25, -0.2) is 0 Å². The van der Waals surface area contributed by atoms with Crippen LogP contribution in [0.1, 0.15) is 117 Å². The summed E-state index contributed by atoms with van der Waals surface area (Å²) in [5.74, 6) is 0. The molecule has 0 atom stereocenters. The standard InChI is InChI=1S/C48H57NOSi/c1-9-34-26-20-27-35(10-2)43(34)48(44-36(11-3)28-21-29-37(44)12-4)47(42-24-18-17-19-25-42)49-51(50-48,45-38(13-5)30-22-31-39(45)14-6)46-40(15-7)32-23-33-41(46)16-8/h17-33H,9-16H2,1-8H3. The molecule has 0 aliphatic carbocycles. The lowest BCUT2D eigenvalue weighted by molar-refractivity contribution is 0.190. The zero-order valence-electron chi connectivity index (χ0n) is 32.3. The van der Waals surface area contributed by atoms with E-state index in [0.29, 0.717) is 0 Å². The Bertz CT molecular complexity index is 1820. The highest BCUT2D eigenvalue weighted by Crippen LogP contribution is 2.50. The first-order valence-corrected chi connectivity index (χ1v) is 21.6. The summed E-state index contributed by atoms with van der Waals surface area (Å²) in [5, 5.41) is 2.72. The molecule has 5 aromatic carbocycles. The molecule has 0 amide bonds. The summed E-state index contributed by atoms with van der Waals surface area (Å²) in [7, 11) is -3.45. The van der Waals surface area contributed by atoms with E-state index in [2.05, 4.69) is 159 Å². The van der Waals surface area contributed by atoms with Crippen LogP contribution in [-0.4, -0.2) is 14.2 Å². The van der Waals surface area contributed by atoms with Gasteiger partial charge in [-0.15, -0.1) is 0 Å². The molecule has 1 aliphatic heterocycles. The molecule has 0 aromatic heterocycles. The molecule has 0 N–H and O–H groups in total. The van der Waals surface area contributed by atoms with Gasteiger partial charge in [0.05, 0.1) is 5.71 Å². The van der Waals surface area contributed by atoms with Crippen molar-refractivity contribution in [3.8, 4) is 0 Å². The van der Waals surface area contributed by atoms with Crippen molar-refractivity contribution in [2.24, 2.45) is 4.66 Å². The smallest absolute Gasteiger partial charge is 0.371 e. The van der Waals surface area contributed by atoms with Crippen LogP contribution < -0.4 is 10.4 Å². The third-order valence-corrected chi connectivity index (χ3v) is 15.1. The van der Waals surface area contributed by atoms with Crippen LogP contribution in [0.5, 0.6) is 0 Å². The number of hydrogen-bond donors (Lipinski definition) is 0. The predicted molar refractivity (Wildman–Crippen MR) is 221 cm³/mol. The van der Waals surface area contributed by atoms with Crippen molar-refractivity contribution in [1.29, 1.82) is 0 Å². The lowest BCUT2D eigenvalue weighted by Crippen LogP contribution is -2.64. The zero-order valence-corrected chi connectivity index (χ0v) is 33.3. The number of rotatable bonds is 13. The highest BCUT2D eigenvalue weighted by atomic mass is 28.4. The van der Waals surface area contributed by atoms with Crippen LogP contribution in [0.2, 0.25) is 0 Å². The van der Waals surface area contributed by atoms with Crippen molar-refractivity contribution in [3.63, 3.8) is 0 Å². The minimum atomic E-state index is -3.45. The summed E-state index contributed by atoms with van der Waals surface area (Å²) in [6, 6.07) is 38.8. The van der Waals surface area contributed by atoms with E-state index in [9.17, 15) is 0 Å². The second-order valence-electron chi connectivity index (χ2n) is 13.9. The Morgan fingerprint density at radius 1 is 0.412 bits per heavy atom. The fraction of sp³-hybridized carbons (Fsp3) is 0.354. The van der Waals surface area contributed by atoms with Crippen LogP contribution in [0.25, 0.3) is 0 Å². The second-order valence-corrected chi connectivity index (χ2v) is 16.6. The molecular weight excluding hydrogens is 635 g/mol. The fourth-order valence-corrected chi connectivity index (χ4v) is 13.8. The molecule has 2 nitrogen and oxygen atoms in total. The van der Waals surface area contributed by atoms with E-state index < -0.39 is 14.1 Å². The Labute approximate surface area is 309 Å². The molecule has 51 heavy (non-hydrogen) atoms. The molecule has 0 fully saturated rings. The maximum absolute atomic E-state index is 8.72. The highest BCUT2D eigenvalue weighted by molar-refractivity contribution is 6.99. The summed E-state index contributed by atoms with van der Waals surface area (Å²) in [6.45, 7) is 18.4. The van der Waals surface area contributed by atoms with E-state index in [1.54, 1.807) is 0 Å². The van der Waals surface area contributed by atoms with Crippen LogP contribution in [0, 0.1) is 0 Å². The van der Waals surface area contributed by atoms with Gasteiger partial charge >= 0.3 is 8.48 Å². The third-order valence-electron chi connectivity index (χ3n) is 11.3. The minimum Gasteiger partial charge on any atom is -0.371 e. The average molecular weight is 692 g/mol. The van der Waals surface area contributed by atoms with Gasteiger partial charge in [-0.3, -0.25) is 4.66 Å². The molecule has 6 rings (SSSR count). The summed E-state index contributed by atoms with van der Waals surface area (Å²) in [4.78, 5) is 0. The van der Waals surface area contributed by atoms with Gasteiger partial charge in [0.25, 0.3) is 0 Å². The number of hydrogen-bond acceptors (Lipinski definition) is 2. The van der Waals surface area contributed by atoms with Gasteiger partial charge < -0.3 is 4.43 Å². The van der Waals surface area contributed by atoms with Crippen molar-refractivity contribution in [3.05, 3.63) is 164 Å². The van der Waals surface area contributed by atoms with Gasteiger partial charge in [-0.05, 0) is 123 Å². The van der Waals surface area contributed by atoms with Crippen molar-refractivity contribution in [2.75, 3.05) is 0 Å². The van der Waals surface area contributed by atoms with Crippen LogP contribution in [-0.2, 0) is 61.4 Å². The molecule has 5 aromatic rings. The largest absolute Gasteiger partial charge is 0.389 e. The van der Waals surface area contributed by atoms with Gasteiger partial charge in [0.15, 0.2) is 5.60 Å². The Morgan fingerprint density at radius 3 is 1.04 bits per heavy atom. The van der Waals surface area contributed by atoms with E-state index in [-0.39, 0.29) is 0 Å². The quantitative estimate of drug-likeness (QED) is 0.113. The van der Waals surface area contributed by atoms with Gasteiger partial charge in [0.1, 0.15) is 0 Å². The van der Waals surface area contributed by atoms with E-state index in [0.717, 1.165) is 62.6 Å². The molecule has 0 saturated heterocycles. The molecule has 3 heteroatoms. The Kier molecular flexibility index (Phi) is 11.3. The van der Waals surface area contributed by atoms with Crippen LogP contribution in [0.3, 0.4) is 0 Å². The maximum atomic E-state index is 8.72. The summed E-state index contributed by atoms with van der Waals surface area (Å²) >= 11 is 0. The molecule has 0 radical (unpaired) electrons. The summed E-state index contributed by atoms with van der Waals surface area (Å²) in [6.07, 6.45) is 7.37. The van der Waals surface area contributed by atoms with Crippen molar-refractivity contribution in [2.45, 2.75) is 112 Å². The molecule has 264 valence electrons. The molecule has 0 spiro atoms. The first-order valence-electron chi connectivity index (χ1n) is 19.7. The normalized spacial score (nSPS) is 14.9. The summed E-state index contributed by atoms with van der Waals surface area (Å²) in [5.41, 5.74) is 14.7. The Morgan fingerprint density at radius 2 is 0.725 bits per heavy atom. The fourth-order valence-electron chi connectivity index (χ4n) is 8.94. The van der Waals surface area contributed by atoms with Gasteiger partial charge in [-0.1, -0.05) is 159 Å². The SMILES string of the molecule is CCc1cccc(CC)c1C1(c2c(CC)cccc2CC)O[Si](c2c(CC)cccc2CC)(c2c(CC)cccc2CC)N=C1c1ccccc1. The molecule has 0 bridgehead atoms. The number of aryl methyl sites for hydroxylation is 8. The topological polar surface area (TPSA) is 21.6 Å². The van der Waals surface area contributed by atoms with Gasteiger partial charge in [0.2, 0.25) is 0 Å².